The predicted molar refractivity (Wildman–Crippen MR) is 76.5 cm³/mol. The Morgan fingerprint density at radius 3 is 3.00 bits per heavy atom. The van der Waals surface area contributed by atoms with Crippen LogP contribution in [0.25, 0.3) is 11.0 Å². The van der Waals surface area contributed by atoms with E-state index < -0.39 is 0 Å². The molecule has 0 aliphatic carbocycles. The monoisotopic (exact) mass is 373 g/mol. The molecule has 0 fully saturated rings. The number of fused-ring (bicyclic) bond motifs is 1. The second-order valence-electron chi connectivity index (χ2n) is 4.35. The van der Waals surface area contributed by atoms with E-state index in [-0.39, 0.29) is 24.4 Å². The molecule has 19 heavy (non-hydrogen) atoms. The van der Waals surface area contributed by atoms with Crippen LogP contribution in [0.5, 0.6) is 0 Å². The van der Waals surface area contributed by atoms with Gasteiger partial charge in [-0.2, -0.15) is 0 Å². The van der Waals surface area contributed by atoms with Gasteiger partial charge in [0.1, 0.15) is 24.3 Å². The van der Waals surface area contributed by atoms with Gasteiger partial charge in [-0.3, -0.25) is 4.57 Å². The number of hydrogen-bond acceptors (Lipinski definition) is 5. The van der Waals surface area contributed by atoms with Crippen molar-refractivity contribution >= 4 is 33.6 Å². The number of hydrogen-bond donors (Lipinski definition) is 2. The van der Waals surface area contributed by atoms with E-state index in [0.717, 1.165) is 20.3 Å². The van der Waals surface area contributed by atoms with E-state index in [2.05, 4.69) is 32.6 Å². The van der Waals surface area contributed by atoms with Crippen LogP contribution in [-0.2, 0) is 4.74 Å². The molecule has 2 aromatic rings. The third-order valence-electron chi connectivity index (χ3n) is 3.17. The molecule has 3 rings (SSSR count). The van der Waals surface area contributed by atoms with Crippen molar-refractivity contribution in [2.24, 2.45) is 0 Å². The second-order valence-corrected chi connectivity index (χ2v) is 5.51. The maximum absolute atomic E-state index is 9.70. The third-order valence-corrected chi connectivity index (χ3v) is 3.99. The number of rotatable bonds is 2. The number of aromatic nitrogens is 3. The second kappa shape index (κ2) is 4.64. The molecule has 0 spiro atoms. The van der Waals surface area contributed by atoms with Crippen molar-refractivity contribution in [2.75, 3.05) is 6.61 Å². The fourth-order valence-electron chi connectivity index (χ4n) is 2.24. The van der Waals surface area contributed by atoms with Crippen LogP contribution >= 0.6 is 22.6 Å². The molecule has 3 heterocycles. The van der Waals surface area contributed by atoms with Gasteiger partial charge in [0, 0.05) is 9.77 Å². The molecular weight excluding hydrogens is 361 g/mol. The number of aryl methyl sites for hydroxylation is 1. The van der Waals surface area contributed by atoms with Gasteiger partial charge in [0.05, 0.1) is 17.5 Å². The number of nitrogens with zero attached hydrogens (tertiary/aromatic N) is 3. The van der Waals surface area contributed by atoms with Crippen molar-refractivity contribution in [3.63, 3.8) is 0 Å². The first kappa shape index (κ1) is 12.7. The van der Waals surface area contributed by atoms with Crippen LogP contribution in [0.1, 0.15) is 18.3 Å². The van der Waals surface area contributed by atoms with Crippen molar-refractivity contribution in [1.82, 2.24) is 14.5 Å². The van der Waals surface area contributed by atoms with E-state index in [4.69, 9.17) is 9.84 Å². The van der Waals surface area contributed by atoms with Gasteiger partial charge in [0.15, 0.2) is 12.0 Å². The van der Waals surface area contributed by atoms with Gasteiger partial charge in [0.25, 0.3) is 0 Å². The minimum absolute atomic E-state index is 0.0927. The van der Waals surface area contributed by atoms with Gasteiger partial charge in [-0.25, -0.2) is 9.97 Å². The van der Waals surface area contributed by atoms with Crippen LogP contribution in [0.4, 0.5) is 0 Å². The zero-order valence-corrected chi connectivity index (χ0v) is 12.3. The summed E-state index contributed by atoms with van der Waals surface area (Å²) in [6.45, 7) is 1.63. The van der Waals surface area contributed by atoms with Crippen LogP contribution in [0.2, 0.25) is 0 Å². The summed E-state index contributed by atoms with van der Waals surface area (Å²) >= 11 is 2.23. The van der Waals surface area contributed by atoms with Crippen LogP contribution in [0.15, 0.2) is 24.0 Å². The number of ether oxygens (including phenoxy) is 1. The van der Waals surface area contributed by atoms with Crippen molar-refractivity contribution in [3.8, 4) is 0 Å². The summed E-state index contributed by atoms with van der Waals surface area (Å²) in [5, 5.41) is 19.8. The lowest BCUT2D eigenvalue weighted by molar-refractivity contribution is 0.0659. The Kier molecular flexibility index (Phi) is 3.09. The molecular formula is C12H12IN3O3. The number of aliphatic hydroxyl groups is 2. The molecule has 0 radical (unpaired) electrons. The minimum atomic E-state index is -0.373. The van der Waals surface area contributed by atoms with E-state index in [9.17, 15) is 5.11 Å². The first-order valence-electron chi connectivity index (χ1n) is 5.78. The average molecular weight is 373 g/mol. The Bertz CT molecular complexity index is 680. The SMILES string of the molecule is Cc1ncnc2c1c(I)cn2[C@H]1CC(O)=C(CO)O1. The first-order chi connectivity index (χ1) is 9.11. The Labute approximate surface area is 122 Å². The van der Waals surface area contributed by atoms with Gasteiger partial charge >= 0.3 is 0 Å². The van der Waals surface area contributed by atoms with E-state index in [1.54, 1.807) is 0 Å². The van der Waals surface area contributed by atoms with Crippen molar-refractivity contribution in [3.05, 3.63) is 33.3 Å². The van der Waals surface area contributed by atoms with Gasteiger partial charge < -0.3 is 14.9 Å². The van der Waals surface area contributed by atoms with Crippen molar-refractivity contribution in [1.29, 1.82) is 0 Å². The van der Waals surface area contributed by atoms with Gasteiger partial charge in [-0.15, -0.1) is 0 Å². The highest BCUT2D eigenvalue weighted by Crippen LogP contribution is 2.34. The smallest absolute Gasteiger partial charge is 0.184 e. The van der Waals surface area contributed by atoms with E-state index >= 15 is 0 Å². The van der Waals surface area contributed by atoms with Gasteiger partial charge in [-0.05, 0) is 29.5 Å². The lowest BCUT2D eigenvalue weighted by Gasteiger charge is -2.14. The highest BCUT2D eigenvalue weighted by Gasteiger charge is 2.28. The molecule has 7 heteroatoms. The molecule has 2 N–H and O–H groups in total. The molecule has 0 bridgehead atoms. The summed E-state index contributed by atoms with van der Waals surface area (Å²) in [6, 6.07) is 0. The number of halogens is 1. The van der Waals surface area contributed by atoms with Crippen LogP contribution in [0, 0.1) is 10.5 Å². The average Bonchev–Trinajstić information content (AvgIpc) is 2.91. The highest BCUT2D eigenvalue weighted by molar-refractivity contribution is 14.1. The Morgan fingerprint density at radius 2 is 2.32 bits per heavy atom. The van der Waals surface area contributed by atoms with E-state index in [1.807, 2.05) is 17.7 Å². The van der Waals surface area contributed by atoms with E-state index in [1.165, 1.54) is 6.33 Å². The normalized spacial score (nSPS) is 19.2. The fourth-order valence-corrected chi connectivity index (χ4v) is 3.17. The molecule has 0 aromatic carbocycles. The summed E-state index contributed by atoms with van der Waals surface area (Å²) in [6.07, 6.45) is 3.39. The lowest BCUT2D eigenvalue weighted by atomic mass is 10.3. The van der Waals surface area contributed by atoms with Crippen LogP contribution in [0.3, 0.4) is 0 Å². The van der Waals surface area contributed by atoms with Crippen molar-refractivity contribution in [2.45, 2.75) is 19.6 Å². The zero-order valence-electron chi connectivity index (χ0n) is 10.2. The summed E-state index contributed by atoms with van der Waals surface area (Å²) in [5.41, 5.74) is 1.68. The topological polar surface area (TPSA) is 80.4 Å². The summed E-state index contributed by atoms with van der Waals surface area (Å²) in [7, 11) is 0. The quantitative estimate of drug-likeness (QED) is 0.788. The maximum Gasteiger partial charge on any atom is 0.184 e. The Hall–Kier alpha value is -1.35. The summed E-state index contributed by atoms with van der Waals surface area (Å²) in [5.74, 6) is 0.322. The molecule has 0 unspecified atom stereocenters. The molecule has 100 valence electrons. The summed E-state index contributed by atoms with van der Waals surface area (Å²) < 4.78 is 8.45. The standard InChI is InChI=1S/C12H12IN3O3/c1-6-11-7(13)3-16(12(11)15-5-14-6)10-2-8(18)9(4-17)19-10/h3,5,10,17-18H,2,4H2,1H3/t10-/m1/s1. The molecule has 1 atom stereocenters. The predicted octanol–water partition coefficient (Wildman–Crippen LogP) is 2.03. The Morgan fingerprint density at radius 1 is 1.53 bits per heavy atom. The van der Waals surface area contributed by atoms with Gasteiger partial charge in [0.2, 0.25) is 0 Å². The van der Waals surface area contributed by atoms with Crippen LogP contribution < -0.4 is 0 Å². The lowest BCUT2D eigenvalue weighted by Crippen LogP contribution is -2.08. The molecule has 6 nitrogen and oxygen atoms in total. The Balaban J connectivity index is 2.07. The zero-order chi connectivity index (χ0) is 13.6. The fraction of sp³-hybridized carbons (Fsp3) is 0.333. The first-order valence-corrected chi connectivity index (χ1v) is 6.86. The molecule has 0 amide bonds. The maximum atomic E-state index is 9.70. The van der Waals surface area contributed by atoms with Crippen molar-refractivity contribution < 1.29 is 14.9 Å². The summed E-state index contributed by atoms with van der Waals surface area (Å²) in [4.78, 5) is 8.47. The van der Waals surface area contributed by atoms with E-state index in [0.29, 0.717) is 6.42 Å². The molecule has 0 saturated heterocycles. The largest absolute Gasteiger partial charge is 0.508 e. The molecule has 0 saturated carbocycles. The molecule has 1 aliphatic rings. The molecule has 2 aromatic heterocycles. The van der Waals surface area contributed by atoms with Gasteiger partial charge in [-0.1, -0.05) is 0 Å². The molecule has 1 aliphatic heterocycles. The van der Waals surface area contributed by atoms with Crippen LogP contribution in [-0.4, -0.2) is 31.4 Å². The highest BCUT2D eigenvalue weighted by atomic mass is 127. The third kappa shape index (κ3) is 1.96. The number of aliphatic hydroxyl groups excluding tert-OH is 2. The minimum Gasteiger partial charge on any atom is -0.508 e.